The lowest BCUT2D eigenvalue weighted by molar-refractivity contribution is 0.527. The molecular formula is C70H42N6O2. The van der Waals surface area contributed by atoms with Crippen LogP contribution in [0, 0.1) is 6.57 Å². The van der Waals surface area contributed by atoms with Gasteiger partial charge in [-0.1, -0.05) is 158 Å². The van der Waals surface area contributed by atoms with E-state index in [1.54, 1.807) is 0 Å². The highest BCUT2D eigenvalue weighted by Crippen LogP contribution is 2.46. The molecule has 0 amide bonds. The lowest BCUT2D eigenvalue weighted by atomic mass is 9.92. The Kier molecular flexibility index (Phi) is 9.66. The summed E-state index contributed by atoms with van der Waals surface area (Å²) in [6, 6.07) is 78.3. The summed E-state index contributed by atoms with van der Waals surface area (Å²) in [4.78, 5) is 20.2. The molecule has 5 heterocycles. The van der Waals surface area contributed by atoms with E-state index in [-0.39, 0.29) is 5.92 Å². The molecule has 78 heavy (non-hydrogen) atoms. The molecule has 0 fully saturated rings. The average molecular weight is 999 g/mol. The van der Waals surface area contributed by atoms with Gasteiger partial charge in [0.2, 0.25) is 0 Å². The smallest absolute Gasteiger partial charge is 0.188 e. The van der Waals surface area contributed by atoms with E-state index in [4.69, 9.17) is 30.4 Å². The molecule has 0 saturated heterocycles. The lowest BCUT2D eigenvalue weighted by Crippen LogP contribution is -2.11. The Balaban J connectivity index is 0.950. The number of hydrogen-bond donors (Lipinski definition) is 0. The van der Waals surface area contributed by atoms with Crippen LogP contribution in [0.3, 0.4) is 0 Å². The van der Waals surface area contributed by atoms with Crippen molar-refractivity contribution >= 4 is 88.3 Å². The zero-order chi connectivity index (χ0) is 51.4. The third-order valence-corrected chi connectivity index (χ3v) is 15.7. The van der Waals surface area contributed by atoms with Crippen molar-refractivity contribution in [3.05, 3.63) is 259 Å². The fraction of sp³-hybridized carbons (Fsp3) is 0.0286. The first kappa shape index (κ1) is 43.7. The standard InChI is InChI=1S/C70H42N6O2/c1-71-47-30-34-61-57(40-47)58-41-48(75-59-24-12-8-20-49(59)50-21-9-13-25-60(50)75)31-35-62(58)76(61)67-55(42-16-4-2-5-17-42)36-46(37-56(67)43-18-6-3-7-19-43)70-73-68(44-28-32-53-51-22-10-14-26-63(51)77-65(53)38-44)72-69(74-70)45-29-33-54-52-23-11-15-27-64(52)78-66(54)39-45/h2-38,40-41,45H,39H2. The number of allylic oxidation sites excluding steroid dienone is 1. The Morgan fingerprint density at radius 2 is 0.987 bits per heavy atom. The maximum Gasteiger partial charge on any atom is 0.188 e. The van der Waals surface area contributed by atoms with E-state index >= 15 is 0 Å². The SMILES string of the molecule is [C-]#[N+]c1ccc2c(c1)c1cc(-n3c4ccccc4c4ccccc43)ccc1n2-c1c(-c2ccccc2)cc(-c2nc(-c3ccc4c(c3)oc3ccccc34)nc(C3C=Cc4c(oc5ccccc45)C3)n2)cc1-c1ccccc1. The van der Waals surface area contributed by atoms with E-state index in [1.165, 1.54) is 10.8 Å². The van der Waals surface area contributed by atoms with Crippen molar-refractivity contribution in [1.82, 2.24) is 24.1 Å². The molecule has 0 radical (unpaired) electrons. The molecule has 1 aliphatic rings. The van der Waals surface area contributed by atoms with E-state index in [0.717, 1.165) is 122 Å². The van der Waals surface area contributed by atoms with Crippen LogP contribution in [-0.4, -0.2) is 24.1 Å². The van der Waals surface area contributed by atoms with E-state index < -0.39 is 0 Å². The van der Waals surface area contributed by atoms with Gasteiger partial charge in [0, 0.05) is 78.2 Å². The van der Waals surface area contributed by atoms with Gasteiger partial charge < -0.3 is 18.0 Å². The largest absolute Gasteiger partial charge is 0.460 e. The number of furan rings is 2. The number of para-hydroxylation sites is 4. The molecule has 16 rings (SSSR count). The normalized spacial score (nSPS) is 13.4. The molecule has 0 aliphatic heterocycles. The number of benzene rings is 10. The van der Waals surface area contributed by atoms with Crippen LogP contribution < -0.4 is 0 Å². The first-order chi connectivity index (χ1) is 38.6. The molecule has 5 aromatic heterocycles. The maximum atomic E-state index is 8.18. The van der Waals surface area contributed by atoms with Crippen LogP contribution in [0.15, 0.2) is 239 Å². The minimum absolute atomic E-state index is 0.194. The zero-order valence-corrected chi connectivity index (χ0v) is 41.8. The van der Waals surface area contributed by atoms with E-state index in [1.807, 2.05) is 42.5 Å². The van der Waals surface area contributed by atoms with E-state index in [9.17, 15) is 0 Å². The Hall–Kier alpha value is -10.6. The summed E-state index contributed by atoms with van der Waals surface area (Å²) in [7, 11) is 0. The molecule has 0 spiro atoms. The summed E-state index contributed by atoms with van der Waals surface area (Å²) in [6.45, 7) is 8.18. The molecule has 1 atom stereocenters. The van der Waals surface area contributed by atoms with Gasteiger partial charge in [-0.25, -0.2) is 19.8 Å². The first-order valence-corrected chi connectivity index (χ1v) is 26.2. The predicted molar refractivity (Wildman–Crippen MR) is 315 cm³/mol. The monoisotopic (exact) mass is 998 g/mol. The number of rotatable bonds is 7. The van der Waals surface area contributed by atoms with Gasteiger partial charge in [-0.2, -0.15) is 0 Å². The van der Waals surface area contributed by atoms with Crippen LogP contribution in [-0.2, 0) is 6.42 Å². The quantitative estimate of drug-likeness (QED) is 0.149. The van der Waals surface area contributed by atoms with Crippen molar-refractivity contribution in [3.63, 3.8) is 0 Å². The van der Waals surface area contributed by atoms with Gasteiger partial charge in [0.25, 0.3) is 0 Å². The summed E-state index contributed by atoms with van der Waals surface area (Å²) in [5.74, 6) is 2.45. The van der Waals surface area contributed by atoms with Crippen molar-refractivity contribution in [3.8, 4) is 56.4 Å². The zero-order valence-electron chi connectivity index (χ0n) is 41.8. The first-order valence-electron chi connectivity index (χ1n) is 26.2. The van der Waals surface area contributed by atoms with Crippen LogP contribution >= 0.6 is 0 Å². The third-order valence-electron chi connectivity index (χ3n) is 15.7. The number of fused-ring (bicyclic) bond motifs is 12. The highest BCUT2D eigenvalue weighted by atomic mass is 16.3. The second-order valence-electron chi connectivity index (χ2n) is 20.1. The minimum atomic E-state index is -0.194. The van der Waals surface area contributed by atoms with Crippen molar-refractivity contribution in [2.24, 2.45) is 0 Å². The molecule has 8 nitrogen and oxygen atoms in total. The van der Waals surface area contributed by atoms with Gasteiger partial charge in [-0.15, -0.1) is 0 Å². The molecule has 8 heteroatoms. The fourth-order valence-corrected chi connectivity index (χ4v) is 12.1. The van der Waals surface area contributed by atoms with Crippen LogP contribution in [0.2, 0.25) is 0 Å². The molecule has 0 bridgehead atoms. The van der Waals surface area contributed by atoms with Crippen molar-refractivity contribution in [2.45, 2.75) is 12.3 Å². The Labute approximate surface area is 446 Å². The van der Waals surface area contributed by atoms with Gasteiger partial charge in [-0.05, 0) is 95.4 Å². The summed E-state index contributed by atoms with van der Waals surface area (Å²) in [5, 5.41) is 7.62. The summed E-state index contributed by atoms with van der Waals surface area (Å²) in [6.07, 6.45) is 4.96. The summed E-state index contributed by atoms with van der Waals surface area (Å²) < 4.78 is 17.7. The molecule has 1 aliphatic carbocycles. The average Bonchev–Trinajstić information content (AvgIpc) is 4.33. The van der Waals surface area contributed by atoms with Gasteiger partial charge in [-0.3, -0.25) is 0 Å². The van der Waals surface area contributed by atoms with Gasteiger partial charge in [0.1, 0.15) is 28.3 Å². The summed E-state index contributed by atoms with van der Waals surface area (Å²) >= 11 is 0. The van der Waals surface area contributed by atoms with Crippen LogP contribution in [0.25, 0.3) is 144 Å². The predicted octanol–water partition coefficient (Wildman–Crippen LogP) is 18.3. The Bertz CT molecular complexity index is 4920. The molecule has 1 unspecified atom stereocenters. The van der Waals surface area contributed by atoms with Crippen molar-refractivity contribution in [1.29, 1.82) is 0 Å². The molecular weight excluding hydrogens is 957 g/mol. The number of hydrogen-bond acceptors (Lipinski definition) is 5. The third kappa shape index (κ3) is 6.82. The van der Waals surface area contributed by atoms with Gasteiger partial charge in [0.15, 0.2) is 17.3 Å². The lowest BCUT2D eigenvalue weighted by Gasteiger charge is -2.21. The van der Waals surface area contributed by atoms with Crippen LogP contribution in [0.1, 0.15) is 23.1 Å². The molecule has 364 valence electrons. The van der Waals surface area contributed by atoms with E-state index in [0.29, 0.717) is 29.6 Å². The Morgan fingerprint density at radius 3 is 1.68 bits per heavy atom. The second kappa shape index (κ2) is 17.2. The summed E-state index contributed by atoms with van der Waals surface area (Å²) in [5.41, 5.74) is 16.1. The molecule has 15 aromatic rings. The van der Waals surface area contributed by atoms with E-state index in [2.05, 4.69) is 208 Å². The topological polar surface area (TPSA) is 79.2 Å². The highest BCUT2D eigenvalue weighted by molar-refractivity contribution is 6.14. The molecule has 10 aromatic carbocycles. The maximum absolute atomic E-state index is 8.18. The van der Waals surface area contributed by atoms with Crippen LogP contribution in [0.4, 0.5) is 5.69 Å². The van der Waals surface area contributed by atoms with Crippen molar-refractivity contribution in [2.75, 3.05) is 0 Å². The Morgan fingerprint density at radius 1 is 0.423 bits per heavy atom. The van der Waals surface area contributed by atoms with Gasteiger partial charge >= 0.3 is 0 Å². The second-order valence-corrected chi connectivity index (χ2v) is 20.1. The van der Waals surface area contributed by atoms with Gasteiger partial charge in [0.05, 0.1) is 34.3 Å². The number of nitrogens with zero attached hydrogens (tertiary/aromatic N) is 6. The molecule has 0 saturated carbocycles. The fourth-order valence-electron chi connectivity index (χ4n) is 12.1. The minimum Gasteiger partial charge on any atom is -0.460 e. The van der Waals surface area contributed by atoms with Crippen molar-refractivity contribution < 1.29 is 8.83 Å². The highest BCUT2D eigenvalue weighted by Gasteiger charge is 2.28. The van der Waals surface area contributed by atoms with Crippen LogP contribution in [0.5, 0.6) is 0 Å². The molecule has 0 N–H and O–H groups in total. The number of aromatic nitrogens is 5.